The summed E-state index contributed by atoms with van der Waals surface area (Å²) in [4.78, 5) is 11.6. The number of rotatable bonds is 1. The zero-order valence-corrected chi connectivity index (χ0v) is 7.81. The fourth-order valence-electron chi connectivity index (χ4n) is 1.62. The maximum absolute atomic E-state index is 11.6. The molecular formula is C8H13N5O. The standard InChI is InChI=1S/C8H13N5O/c9-7-5-13(12-11-7)6-3-1-2-4-10-8(6)14/h5-6H,1-4,9H2,(H,10,14). The van der Waals surface area contributed by atoms with Crippen molar-refractivity contribution in [2.75, 3.05) is 12.3 Å². The van der Waals surface area contributed by atoms with E-state index in [0.29, 0.717) is 5.82 Å². The van der Waals surface area contributed by atoms with Crippen molar-refractivity contribution in [3.63, 3.8) is 0 Å². The topological polar surface area (TPSA) is 85.8 Å². The zero-order chi connectivity index (χ0) is 9.97. The second-order valence-corrected chi connectivity index (χ2v) is 3.43. The van der Waals surface area contributed by atoms with Crippen LogP contribution in [-0.4, -0.2) is 27.4 Å². The Balaban J connectivity index is 2.18. The molecule has 1 amide bonds. The summed E-state index contributed by atoms with van der Waals surface area (Å²) in [6, 6.07) is -0.248. The van der Waals surface area contributed by atoms with E-state index in [4.69, 9.17) is 5.73 Å². The largest absolute Gasteiger partial charge is 0.381 e. The van der Waals surface area contributed by atoms with E-state index in [1.807, 2.05) is 0 Å². The van der Waals surface area contributed by atoms with Crippen LogP contribution in [0.2, 0.25) is 0 Å². The zero-order valence-electron chi connectivity index (χ0n) is 7.81. The van der Waals surface area contributed by atoms with Gasteiger partial charge in [-0.1, -0.05) is 5.21 Å². The highest BCUT2D eigenvalue weighted by Gasteiger charge is 2.23. The molecular weight excluding hydrogens is 182 g/mol. The number of aromatic nitrogens is 3. The summed E-state index contributed by atoms with van der Waals surface area (Å²) in [5, 5.41) is 10.3. The monoisotopic (exact) mass is 195 g/mol. The van der Waals surface area contributed by atoms with Crippen LogP contribution in [0.25, 0.3) is 0 Å². The smallest absolute Gasteiger partial charge is 0.244 e. The van der Waals surface area contributed by atoms with Crippen molar-refractivity contribution < 1.29 is 4.79 Å². The van der Waals surface area contributed by atoms with E-state index in [9.17, 15) is 4.79 Å². The van der Waals surface area contributed by atoms with Crippen molar-refractivity contribution in [3.8, 4) is 0 Å². The van der Waals surface area contributed by atoms with Gasteiger partial charge >= 0.3 is 0 Å². The van der Waals surface area contributed by atoms with Crippen LogP contribution in [0.4, 0.5) is 5.82 Å². The number of hydrogen-bond acceptors (Lipinski definition) is 4. The Hall–Kier alpha value is -1.59. The van der Waals surface area contributed by atoms with Crippen molar-refractivity contribution in [3.05, 3.63) is 6.20 Å². The minimum absolute atomic E-state index is 0.00685. The molecule has 1 fully saturated rings. The molecule has 6 heteroatoms. The Morgan fingerprint density at radius 3 is 3.14 bits per heavy atom. The van der Waals surface area contributed by atoms with Crippen molar-refractivity contribution >= 4 is 11.7 Å². The summed E-state index contributed by atoms with van der Waals surface area (Å²) in [5.74, 6) is 0.356. The molecule has 0 saturated carbocycles. The summed E-state index contributed by atoms with van der Waals surface area (Å²) in [6.07, 6.45) is 4.43. The molecule has 3 N–H and O–H groups in total. The van der Waals surface area contributed by atoms with Crippen LogP contribution >= 0.6 is 0 Å². The lowest BCUT2D eigenvalue weighted by molar-refractivity contribution is -0.124. The lowest BCUT2D eigenvalue weighted by Gasteiger charge is -2.11. The number of nitrogens with two attached hydrogens (primary N) is 1. The molecule has 1 saturated heterocycles. The Morgan fingerprint density at radius 2 is 2.43 bits per heavy atom. The second-order valence-electron chi connectivity index (χ2n) is 3.43. The summed E-state index contributed by atoms with van der Waals surface area (Å²) in [5.41, 5.74) is 5.44. The van der Waals surface area contributed by atoms with E-state index >= 15 is 0 Å². The van der Waals surface area contributed by atoms with Crippen molar-refractivity contribution in [2.24, 2.45) is 0 Å². The molecule has 2 rings (SSSR count). The molecule has 0 bridgehead atoms. The Kier molecular flexibility index (Phi) is 2.34. The minimum Gasteiger partial charge on any atom is -0.381 e. The average molecular weight is 195 g/mol. The van der Waals surface area contributed by atoms with Gasteiger partial charge in [-0.2, -0.15) is 0 Å². The fraction of sp³-hybridized carbons (Fsp3) is 0.625. The van der Waals surface area contributed by atoms with Crippen LogP contribution in [0.3, 0.4) is 0 Å². The maximum Gasteiger partial charge on any atom is 0.244 e. The quantitative estimate of drug-likeness (QED) is 0.644. The molecule has 1 aliphatic rings. The first-order chi connectivity index (χ1) is 6.77. The molecule has 76 valence electrons. The van der Waals surface area contributed by atoms with E-state index in [1.54, 1.807) is 6.20 Å². The first-order valence-corrected chi connectivity index (χ1v) is 4.72. The van der Waals surface area contributed by atoms with Gasteiger partial charge < -0.3 is 11.1 Å². The fourth-order valence-corrected chi connectivity index (χ4v) is 1.62. The van der Waals surface area contributed by atoms with Gasteiger partial charge in [-0.3, -0.25) is 4.79 Å². The van der Waals surface area contributed by atoms with Gasteiger partial charge in [0.2, 0.25) is 5.91 Å². The molecule has 14 heavy (non-hydrogen) atoms. The molecule has 1 aromatic heterocycles. The van der Waals surface area contributed by atoms with Crippen LogP contribution in [-0.2, 0) is 4.79 Å². The average Bonchev–Trinajstić information content (AvgIpc) is 2.46. The van der Waals surface area contributed by atoms with Gasteiger partial charge in [-0.25, -0.2) is 4.68 Å². The van der Waals surface area contributed by atoms with Crippen LogP contribution in [0, 0.1) is 0 Å². The Morgan fingerprint density at radius 1 is 1.57 bits per heavy atom. The molecule has 0 spiro atoms. The van der Waals surface area contributed by atoms with Crippen molar-refractivity contribution in [1.29, 1.82) is 0 Å². The highest BCUT2D eigenvalue weighted by Crippen LogP contribution is 2.17. The number of nitrogens with zero attached hydrogens (tertiary/aromatic N) is 3. The molecule has 0 aliphatic carbocycles. The summed E-state index contributed by atoms with van der Waals surface area (Å²) in [7, 11) is 0. The van der Waals surface area contributed by atoms with Crippen LogP contribution in [0.15, 0.2) is 6.20 Å². The van der Waals surface area contributed by atoms with Gasteiger partial charge in [0.1, 0.15) is 6.04 Å². The first-order valence-electron chi connectivity index (χ1n) is 4.72. The number of anilines is 1. The number of carbonyl (C=O) groups is 1. The van der Waals surface area contributed by atoms with E-state index in [0.717, 1.165) is 25.8 Å². The van der Waals surface area contributed by atoms with Crippen LogP contribution < -0.4 is 11.1 Å². The Labute approximate surface area is 81.5 Å². The predicted octanol–water partition coefficient (Wildman–Crippen LogP) is -0.299. The van der Waals surface area contributed by atoms with Gasteiger partial charge in [-0.15, -0.1) is 5.10 Å². The number of nitrogen functional groups attached to an aromatic ring is 1. The third-order valence-corrected chi connectivity index (χ3v) is 2.35. The van der Waals surface area contributed by atoms with E-state index in [-0.39, 0.29) is 11.9 Å². The summed E-state index contributed by atoms with van der Waals surface area (Å²) >= 11 is 0. The van der Waals surface area contributed by atoms with Crippen molar-refractivity contribution in [2.45, 2.75) is 25.3 Å². The molecule has 1 atom stereocenters. The highest BCUT2D eigenvalue weighted by molar-refractivity contribution is 5.80. The number of hydrogen-bond donors (Lipinski definition) is 2. The summed E-state index contributed by atoms with van der Waals surface area (Å²) in [6.45, 7) is 0.750. The molecule has 6 nitrogen and oxygen atoms in total. The lowest BCUT2D eigenvalue weighted by atomic mass is 10.1. The summed E-state index contributed by atoms with van der Waals surface area (Å²) < 4.78 is 1.54. The second kappa shape index (κ2) is 3.65. The molecule has 0 aromatic carbocycles. The highest BCUT2D eigenvalue weighted by atomic mass is 16.2. The third kappa shape index (κ3) is 1.68. The molecule has 2 heterocycles. The third-order valence-electron chi connectivity index (χ3n) is 2.35. The van der Waals surface area contributed by atoms with Crippen LogP contribution in [0.5, 0.6) is 0 Å². The number of nitrogens with one attached hydrogen (secondary N) is 1. The van der Waals surface area contributed by atoms with Gasteiger partial charge in [0, 0.05) is 6.54 Å². The van der Waals surface area contributed by atoms with Crippen LogP contribution in [0.1, 0.15) is 25.3 Å². The van der Waals surface area contributed by atoms with Gasteiger partial charge in [0.15, 0.2) is 5.82 Å². The van der Waals surface area contributed by atoms with Gasteiger partial charge in [0.05, 0.1) is 6.20 Å². The van der Waals surface area contributed by atoms with E-state index in [2.05, 4.69) is 15.6 Å². The van der Waals surface area contributed by atoms with Gasteiger partial charge in [-0.05, 0) is 19.3 Å². The maximum atomic E-state index is 11.6. The van der Waals surface area contributed by atoms with Crippen molar-refractivity contribution in [1.82, 2.24) is 20.3 Å². The first kappa shape index (κ1) is 8.98. The molecule has 1 unspecified atom stereocenters. The minimum atomic E-state index is -0.248. The normalized spacial score (nSPS) is 22.9. The SMILES string of the molecule is Nc1cn(C2CCCCNC2=O)nn1. The lowest BCUT2D eigenvalue weighted by Crippen LogP contribution is -2.31. The van der Waals surface area contributed by atoms with E-state index in [1.165, 1.54) is 4.68 Å². The molecule has 1 aliphatic heterocycles. The van der Waals surface area contributed by atoms with Gasteiger partial charge in [0.25, 0.3) is 0 Å². The predicted molar refractivity (Wildman–Crippen MR) is 50.3 cm³/mol. The number of carbonyl (C=O) groups excluding carboxylic acids is 1. The Bertz CT molecular complexity index is 334. The molecule has 0 radical (unpaired) electrons. The van der Waals surface area contributed by atoms with E-state index < -0.39 is 0 Å². The number of amides is 1. The molecule has 1 aromatic rings.